The minimum Gasteiger partial charge on any atom is -0.452 e. The summed E-state index contributed by atoms with van der Waals surface area (Å²) in [5, 5.41) is 16.2. The van der Waals surface area contributed by atoms with Crippen LogP contribution in [0.25, 0.3) is 0 Å². The van der Waals surface area contributed by atoms with E-state index in [1.807, 2.05) is 0 Å². The Morgan fingerprint density at radius 1 is 1.16 bits per heavy atom. The number of esters is 1. The number of nitrogens with zero attached hydrogens (tertiary/aromatic N) is 1. The van der Waals surface area contributed by atoms with Crippen LogP contribution in [0.4, 0.5) is 11.4 Å². The minimum absolute atomic E-state index is 0.0732. The van der Waals surface area contributed by atoms with Crippen LogP contribution in [0.1, 0.15) is 10.4 Å². The number of nitro benzene ring substituents is 1. The van der Waals surface area contributed by atoms with Crippen LogP contribution < -0.4 is 10.6 Å². The number of amides is 2. The minimum atomic E-state index is -0.770. The lowest BCUT2D eigenvalue weighted by molar-refractivity contribution is -0.383. The number of ether oxygens (including phenoxy) is 2. The highest BCUT2D eigenvalue weighted by molar-refractivity contribution is 8.00. The van der Waals surface area contributed by atoms with Crippen LogP contribution in [0.2, 0.25) is 5.02 Å². The molecule has 0 bridgehead atoms. The number of rotatable bonds is 11. The Morgan fingerprint density at radius 2 is 1.91 bits per heavy atom. The molecule has 10 nitrogen and oxygen atoms in total. The normalized spacial score (nSPS) is 10.3. The molecule has 2 aromatic rings. The first-order chi connectivity index (χ1) is 15.3. The van der Waals surface area contributed by atoms with Crippen molar-refractivity contribution in [3.05, 3.63) is 63.2 Å². The van der Waals surface area contributed by atoms with Crippen molar-refractivity contribution in [2.45, 2.75) is 4.90 Å². The summed E-state index contributed by atoms with van der Waals surface area (Å²) in [4.78, 5) is 47.3. The first-order valence-corrected chi connectivity index (χ1v) is 10.6. The predicted octanol–water partition coefficient (Wildman–Crippen LogP) is 2.90. The van der Waals surface area contributed by atoms with Gasteiger partial charge in [-0.25, -0.2) is 4.79 Å². The summed E-state index contributed by atoms with van der Waals surface area (Å²) >= 11 is 6.88. The first-order valence-electron chi connectivity index (χ1n) is 9.20. The van der Waals surface area contributed by atoms with Gasteiger partial charge in [-0.3, -0.25) is 19.7 Å². The zero-order valence-corrected chi connectivity index (χ0v) is 18.5. The zero-order chi connectivity index (χ0) is 23.5. The summed E-state index contributed by atoms with van der Waals surface area (Å²) in [6.07, 6.45) is 0. The number of hydrogen-bond acceptors (Lipinski definition) is 8. The third-order valence-corrected chi connectivity index (χ3v) is 5.17. The maximum atomic E-state index is 12.4. The van der Waals surface area contributed by atoms with E-state index < -0.39 is 23.4 Å². The number of hydrogen-bond donors (Lipinski definition) is 2. The maximum Gasteiger partial charge on any atom is 0.339 e. The standard InChI is InChI=1S/C20H20ClN3O7S/c1-30-9-8-22-19(26)12-32-17-5-3-2-4-14(17)20(27)31-11-18(25)23-15-7-6-13(21)10-16(15)24(28)29/h2-7,10H,8-9,11-12H2,1H3,(H,22,26)(H,23,25). The molecule has 0 aliphatic heterocycles. The second kappa shape index (κ2) is 12.6. The van der Waals surface area contributed by atoms with Crippen LogP contribution >= 0.6 is 23.4 Å². The molecule has 0 saturated carbocycles. The second-order valence-electron chi connectivity index (χ2n) is 6.17. The monoisotopic (exact) mass is 481 g/mol. The number of nitrogens with one attached hydrogen (secondary N) is 2. The van der Waals surface area contributed by atoms with Crippen LogP contribution in [0.5, 0.6) is 0 Å². The van der Waals surface area contributed by atoms with Crippen molar-refractivity contribution in [3.8, 4) is 0 Å². The van der Waals surface area contributed by atoms with Crippen LogP contribution in [0.15, 0.2) is 47.4 Å². The van der Waals surface area contributed by atoms with Crippen molar-refractivity contribution in [2.75, 3.05) is 37.9 Å². The fraction of sp³-hybridized carbons (Fsp3) is 0.250. The molecule has 2 rings (SSSR count). The van der Waals surface area contributed by atoms with Gasteiger partial charge in [0.05, 0.1) is 22.8 Å². The van der Waals surface area contributed by atoms with Gasteiger partial charge in [0.25, 0.3) is 11.6 Å². The molecule has 0 fully saturated rings. The highest BCUT2D eigenvalue weighted by atomic mass is 35.5. The average Bonchev–Trinajstić information content (AvgIpc) is 2.77. The molecule has 0 atom stereocenters. The van der Waals surface area contributed by atoms with E-state index >= 15 is 0 Å². The lowest BCUT2D eigenvalue weighted by Gasteiger charge is -2.10. The topological polar surface area (TPSA) is 137 Å². The van der Waals surface area contributed by atoms with E-state index in [-0.39, 0.29) is 33.6 Å². The fourth-order valence-electron chi connectivity index (χ4n) is 2.40. The molecule has 0 aliphatic carbocycles. The Kier molecular flexibility index (Phi) is 9.92. The van der Waals surface area contributed by atoms with Crippen LogP contribution in [0.3, 0.4) is 0 Å². The number of benzene rings is 2. The van der Waals surface area contributed by atoms with Gasteiger partial charge in [0.1, 0.15) is 5.69 Å². The molecular formula is C20H20ClN3O7S. The molecule has 2 N–H and O–H groups in total. The van der Waals surface area contributed by atoms with Crippen molar-refractivity contribution in [2.24, 2.45) is 0 Å². The largest absolute Gasteiger partial charge is 0.452 e. The lowest BCUT2D eigenvalue weighted by Crippen LogP contribution is -2.28. The molecule has 0 unspecified atom stereocenters. The lowest BCUT2D eigenvalue weighted by atomic mass is 10.2. The van der Waals surface area contributed by atoms with E-state index in [0.717, 1.165) is 17.8 Å². The third kappa shape index (κ3) is 7.84. The van der Waals surface area contributed by atoms with E-state index in [1.165, 1.54) is 25.3 Å². The fourth-order valence-corrected chi connectivity index (χ4v) is 3.44. The maximum absolute atomic E-state index is 12.4. The number of nitro groups is 1. The van der Waals surface area contributed by atoms with Crippen LogP contribution in [-0.4, -0.2) is 55.3 Å². The van der Waals surface area contributed by atoms with Gasteiger partial charge >= 0.3 is 5.97 Å². The van der Waals surface area contributed by atoms with Gasteiger partial charge in [-0.1, -0.05) is 23.7 Å². The van der Waals surface area contributed by atoms with Crippen molar-refractivity contribution in [1.29, 1.82) is 0 Å². The van der Waals surface area contributed by atoms with Crippen molar-refractivity contribution in [1.82, 2.24) is 5.32 Å². The van der Waals surface area contributed by atoms with E-state index in [9.17, 15) is 24.5 Å². The molecule has 12 heteroatoms. The van der Waals surface area contributed by atoms with Crippen molar-refractivity contribution >= 4 is 52.5 Å². The van der Waals surface area contributed by atoms with Gasteiger partial charge in [0, 0.05) is 29.6 Å². The number of halogens is 1. The average molecular weight is 482 g/mol. The second-order valence-corrected chi connectivity index (χ2v) is 7.62. The molecule has 170 valence electrons. The van der Waals surface area contributed by atoms with Gasteiger partial charge < -0.3 is 20.1 Å². The van der Waals surface area contributed by atoms with E-state index in [0.29, 0.717) is 18.0 Å². The molecule has 0 aromatic heterocycles. The highest BCUT2D eigenvalue weighted by Crippen LogP contribution is 2.28. The van der Waals surface area contributed by atoms with E-state index in [1.54, 1.807) is 18.2 Å². The highest BCUT2D eigenvalue weighted by Gasteiger charge is 2.19. The molecule has 2 aromatic carbocycles. The smallest absolute Gasteiger partial charge is 0.339 e. The Bertz CT molecular complexity index is 1000. The van der Waals surface area contributed by atoms with Gasteiger partial charge in [0.2, 0.25) is 5.91 Å². The van der Waals surface area contributed by atoms with E-state index in [4.69, 9.17) is 21.1 Å². The Labute approximate surface area is 192 Å². The van der Waals surface area contributed by atoms with Crippen LogP contribution in [-0.2, 0) is 19.1 Å². The van der Waals surface area contributed by atoms with Crippen molar-refractivity contribution in [3.63, 3.8) is 0 Å². The third-order valence-electron chi connectivity index (χ3n) is 3.86. The Balaban J connectivity index is 1.94. The molecular weight excluding hydrogens is 462 g/mol. The number of thioether (sulfide) groups is 1. The summed E-state index contributed by atoms with van der Waals surface area (Å²) in [6.45, 7) is 0.107. The summed E-state index contributed by atoms with van der Waals surface area (Å²) in [7, 11) is 1.53. The summed E-state index contributed by atoms with van der Waals surface area (Å²) in [5.41, 5.74) is -0.272. The van der Waals surface area contributed by atoms with Crippen molar-refractivity contribution < 1.29 is 28.8 Å². The van der Waals surface area contributed by atoms with Gasteiger partial charge in [-0.2, -0.15) is 0 Å². The Hall–Kier alpha value is -3.15. The first kappa shape index (κ1) is 25.1. The number of carbonyl (C=O) groups excluding carboxylic acids is 3. The molecule has 0 aliphatic rings. The summed E-state index contributed by atoms with van der Waals surface area (Å²) < 4.78 is 9.89. The van der Waals surface area contributed by atoms with Gasteiger partial charge in [-0.05, 0) is 24.3 Å². The number of anilines is 1. The quantitative estimate of drug-likeness (QED) is 0.164. The van der Waals surface area contributed by atoms with Gasteiger partial charge in [0.15, 0.2) is 6.61 Å². The summed E-state index contributed by atoms with van der Waals surface area (Å²) in [5.74, 6) is -1.67. The van der Waals surface area contributed by atoms with Gasteiger partial charge in [-0.15, -0.1) is 11.8 Å². The predicted molar refractivity (Wildman–Crippen MR) is 119 cm³/mol. The van der Waals surface area contributed by atoms with E-state index in [2.05, 4.69) is 10.6 Å². The summed E-state index contributed by atoms with van der Waals surface area (Å²) in [6, 6.07) is 10.3. The number of carbonyl (C=O) groups is 3. The zero-order valence-electron chi connectivity index (χ0n) is 17.0. The Morgan fingerprint density at radius 3 is 2.62 bits per heavy atom. The molecule has 2 amide bonds. The SMILES string of the molecule is COCCNC(=O)CSc1ccccc1C(=O)OCC(=O)Nc1ccc(Cl)cc1[N+](=O)[O-]. The molecule has 0 heterocycles. The number of methoxy groups -OCH3 is 1. The van der Waals surface area contributed by atoms with Crippen LogP contribution in [0, 0.1) is 10.1 Å². The molecule has 32 heavy (non-hydrogen) atoms. The molecule has 0 spiro atoms. The molecule has 0 radical (unpaired) electrons. The molecule has 0 saturated heterocycles.